The third kappa shape index (κ3) is 2.94. The molecule has 0 aliphatic rings. The van der Waals surface area contributed by atoms with Crippen LogP contribution in [0, 0.1) is 0 Å². The maximum absolute atomic E-state index is 12.4. The second kappa shape index (κ2) is 4.40. The Morgan fingerprint density at radius 3 is 2.38 bits per heavy atom. The molecule has 0 spiro atoms. The van der Waals surface area contributed by atoms with Crippen molar-refractivity contribution >= 4 is 0 Å². The van der Waals surface area contributed by atoms with Crippen LogP contribution in [0.1, 0.15) is 18.1 Å². The molecule has 0 bridgehead atoms. The fourth-order valence-corrected chi connectivity index (χ4v) is 1.28. The van der Waals surface area contributed by atoms with E-state index in [9.17, 15) is 18.3 Å². The SMILES string of the molecule is CC(O)(CON)c1cccc(C(F)(F)F)c1. The number of aliphatic hydroxyl groups is 1. The molecule has 0 saturated carbocycles. The summed E-state index contributed by atoms with van der Waals surface area (Å²) in [7, 11) is 0. The van der Waals surface area contributed by atoms with Crippen molar-refractivity contribution in [1.82, 2.24) is 0 Å². The summed E-state index contributed by atoms with van der Waals surface area (Å²) < 4.78 is 37.2. The van der Waals surface area contributed by atoms with Gasteiger partial charge in [0, 0.05) is 0 Å². The van der Waals surface area contributed by atoms with Crippen molar-refractivity contribution in [2.45, 2.75) is 18.7 Å². The van der Waals surface area contributed by atoms with Gasteiger partial charge in [0.1, 0.15) is 12.2 Å². The van der Waals surface area contributed by atoms with Crippen molar-refractivity contribution in [3.63, 3.8) is 0 Å². The molecule has 1 unspecified atom stereocenters. The molecule has 3 nitrogen and oxygen atoms in total. The van der Waals surface area contributed by atoms with Gasteiger partial charge in [0.2, 0.25) is 0 Å². The molecule has 0 aromatic heterocycles. The van der Waals surface area contributed by atoms with Gasteiger partial charge in [-0.2, -0.15) is 13.2 Å². The maximum atomic E-state index is 12.4. The van der Waals surface area contributed by atoms with Crippen molar-refractivity contribution in [2.75, 3.05) is 6.61 Å². The lowest BCUT2D eigenvalue weighted by Gasteiger charge is -2.23. The molecule has 3 N–H and O–H groups in total. The van der Waals surface area contributed by atoms with Gasteiger partial charge in [-0.25, -0.2) is 5.90 Å². The molecule has 16 heavy (non-hydrogen) atoms. The van der Waals surface area contributed by atoms with Crippen LogP contribution >= 0.6 is 0 Å². The second-order valence-electron chi connectivity index (χ2n) is 3.66. The summed E-state index contributed by atoms with van der Waals surface area (Å²) in [5.41, 5.74) is -2.26. The van der Waals surface area contributed by atoms with Crippen LogP contribution in [0.15, 0.2) is 24.3 Å². The second-order valence-corrected chi connectivity index (χ2v) is 3.66. The molecular weight excluding hydrogens is 223 g/mol. The lowest BCUT2D eigenvalue weighted by atomic mass is 9.95. The molecule has 1 aromatic carbocycles. The molecule has 0 radical (unpaired) electrons. The van der Waals surface area contributed by atoms with E-state index < -0.39 is 17.3 Å². The molecule has 90 valence electrons. The third-order valence-corrected chi connectivity index (χ3v) is 2.18. The number of benzene rings is 1. The van der Waals surface area contributed by atoms with Gasteiger partial charge in [-0.3, -0.25) is 0 Å². The van der Waals surface area contributed by atoms with Crippen LogP contribution in [0.2, 0.25) is 0 Å². The zero-order valence-electron chi connectivity index (χ0n) is 8.58. The molecule has 0 amide bonds. The molecule has 1 atom stereocenters. The number of nitrogens with two attached hydrogens (primary N) is 1. The summed E-state index contributed by atoms with van der Waals surface area (Å²) in [6.45, 7) is 1.05. The highest BCUT2D eigenvalue weighted by molar-refractivity contribution is 5.29. The van der Waals surface area contributed by atoms with E-state index in [0.717, 1.165) is 12.1 Å². The number of rotatable bonds is 3. The average Bonchev–Trinajstić information content (AvgIpc) is 2.16. The fraction of sp³-hybridized carbons (Fsp3) is 0.400. The van der Waals surface area contributed by atoms with Gasteiger partial charge >= 0.3 is 6.18 Å². The maximum Gasteiger partial charge on any atom is 0.416 e. The van der Waals surface area contributed by atoms with Crippen molar-refractivity contribution in [3.8, 4) is 0 Å². The highest BCUT2D eigenvalue weighted by Crippen LogP contribution is 2.32. The first-order valence-electron chi connectivity index (χ1n) is 4.49. The lowest BCUT2D eigenvalue weighted by Crippen LogP contribution is -2.29. The van der Waals surface area contributed by atoms with Gasteiger partial charge in [-0.1, -0.05) is 12.1 Å². The Morgan fingerprint density at radius 2 is 1.88 bits per heavy atom. The summed E-state index contributed by atoms with van der Waals surface area (Å²) >= 11 is 0. The van der Waals surface area contributed by atoms with Crippen LogP contribution in [0.5, 0.6) is 0 Å². The Hall–Kier alpha value is -1.11. The minimum atomic E-state index is -4.43. The molecule has 0 saturated heterocycles. The standard InChI is InChI=1S/C10H12F3NO2/c1-9(15,6-16-14)7-3-2-4-8(5-7)10(11,12)13/h2-5,15H,6,14H2,1H3. The van der Waals surface area contributed by atoms with E-state index in [0.29, 0.717) is 0 Å². The molecule has 0 aliphatic heterocycles. The Morgan fingerprint density at radius 1 is 1.31 bits per heavy atom. The smallest absolute Gasteiger partial charge is 0.383 e. The van der Waals surface area contributed by atoms with Crippen molar-refractivity contribution < 1.29 is 23.1 Å². The predicted molar refractivity (Wildman–Crippen MR) is 51.2 cm³/mol. The van der Waals surface area contributed by atoms with E-state index in [4.69, 9.17) is 5.90 Å². The largest absolute Gasteiger partial charge is 0.416 e. The highest BCUT2D eigenvalue weighted by atomic mass is 19.4. The van der Waals surface area contributed by atoms with Gasteiger partial charge in [0.05, 0.1) is 5.56 Å². The van der Waals surface area contributed by atoms with E-state index in [2.05, 4.69) is 4.84 Å². The van der Waals surface area contributed by atoms with Crippen LogP contribution in [-0.4, -0.2) is 11.7 Å². The summed E-state index contributed by atoms with van der Waals surface area (Å²) in [4.78, 5) is 4.26. The zero-order chi connectivity index (χ0) is 12.4. The quantitative estimate of drug-likeness (QED) is 0.785. The molecule has 0 fully saturated rings. The first kappa shape index (κ1) is 13.0. The molecular formula is C10H12F3NO2. The molecule has 6 heteroatoms. The number of hydrogen-bond donors (Lipinski definition) is 2. The number of halogens is 3. The van der Waals surface area contributed by atoms with Crippen molar-refractivity contribution in [3.05, 3.63) is 35.4 Å². The van der Waals surface area contributed by atoms with Gasteiger partial charge < -0.3 is 9.94 Å². The Labute approximate surface area is 90.6 Å². The monoisotopic (exact) mass is 235 g/mol. The summed E-state index contributed by atoms with van der Waals surface area (Å²) in [6.07, 6.45) is -4.43. The summed E-state index contributed by atoms with van der Waals surface area (Å²) in [5.74, 6) is 4.79. The van der Waals surface area contributed by atoms with E-state index >= 15 is 0 Å². The van der Waals surface area contributed by atoms with Gasteiger partial charge in [0.25, 0.3) is 0 Å². The van der Waals surface area contributed by atoms with Crippen LogP contribution in [-0.2, 0) is 16.6 Å². The average molecular weight is 235 g/mol. The normalized spacial score (nSPS) is 15.9. The Bertz CT molecular complexity index is 363. The third-order valence-electron chi connectivity index (χ3n) is 2.18. The predicted octanol–water partition coefficient (Wildman–Crippen LogP) is 1.80. The van der Waals surface area contributed by atoms with Crippen LogP contribution in [0.25, 0.3) is 0 Å². The Kier molecular flexibility index (Phi) is 3.57. The van der Waals surface area contributed by atoms with Crippen molar-refractivity contribution in [2.24, 2.45) is 5.90 Å². The van der Waals surface area contributed by atoms with Gasteiger partial charge in [-0.15, -0.1) is 0 Å². The topological polar surface area (TPSA) is 55.5 Å². The first-order chi connectivity index (χ1) is 7.27. The van der Waals surface area contributed by atoms with E-state index in [1.807, 2.05) is 0 Å². The van der Waals surface area contributed by atoms with E-state index in [-0.39, 0.29) is 12.2 Å². The minimum Gasteiger partial charge on any atom is -0.383 e. The first-order valence-corrected chi connectivity index (χ1v) is 4.49. The molecule has 1 aromatic rings. The summed E-state index contributed by atoms with van der Waals surface area (Å²) in [5, 5.41) is 9.80. The van der Waals surface area contributed by atoms with Gasteiger partial charge in [0.15, 0.2) is 0 Å². The van der Waals surface area contributed by atoms with Crippen LogP contribution in [0.3, 0.4) is 0 Å². The molecule has 0 heterocycles. The summed E-state index contributed by atoms with van der Waals surface area (Å²) in [6, 6.07) is 4.42. The zero-order valence-corrected chi connectivity index (χ0v) is 8.58. The van der Waals surface area contributed by atoms with Gasteiger partial charge in [-0.05, 0) is 24.6 Å². The van der Waals surface area contributed by atoms with Crippen molar-refractivity contribution in [1.29, 1.82) is 0 Å². The van der Waals surface area contributed by atoms with E-state index in [1.54, 1.807) is 0 Å². The molecule has 0 aliphatic carbocycles. The number of hydrogen-bond acceptors (Lipinski definition) is 3. The lowest BCUT2D eigenvalue weighted by molar-refractivity contribution is -0.137. The minimum absolute atomic E-state index is 0.104. The number of alkyl halides is 3. The van der Waals surface area contributed by atoms with Crippen LogP contribution < -0.4 is 5.90 Å². The fourth-order valence-electron chi connectivity index (χ4n) is 1.28. The van der Waals surface area contributed by atoms with E-state index in [1.165, 1.54) is 19.1 Å². The Balaban J connectivity index is 3.08. The molecule has 1 rings (SSSR count). The van der Waals surface area contributed by atoms with Crippen LogP contribution in [0.4, 0.5) is 13.2 Å². The highest BCUT2D eigenvalue weighted by Gasteiger charge is 2.32.